The van der Waals surface area contributed by atoms with E-state index in [-0.39, 0.29) is 10.7 Å². The van der Waals surface area contributed by atoms with Crippen LogP contribution in [0, 0.1) is 13.8 Å². The van der Waals surface area contributed by atoms with Gasteiger partial charge in [-0.1, -0.05) is 12.1 Å². The molecule has 0 aliphatic carbocycles. The summed E-state index contributed by atoms with van der Waals surface area (Å²) in [7, 11) is 1.57. The second kappa shape index (κ2) is 9.31. The van der Waals surface area contributed by atoms with Gasteiger partial charge in [-0.05, 0) is 75.3 Å². The molecule has 1 aliphatic rings. The molecule has 162 valence electrons. The summed E-state index contributed by atoms with van der Waals surface area (Å²) in [6.07, 6.45) is 1.56. The van der Waals surface area contributed by atoms with Crippen LogP contribution in [0.15, 0.2) is 42.0 Å². The van der Waals surface area contributed by atoms with E-state index in [0.717, 1.165) is 29.9 Å². The van der Waals surface area contributed by atoms with E-state index in [2.05, 4.69) is 24.1 Å². The number of hydrogen-bond acceptors (Lipinski definition) is 5. The van der Waals surface area contributed by atoms with Crippen LogP contribution in [0.5, 0.6) is 5.75 Å². The average molecular weight is 438 g/mol. The second-order valence-electron chi connectivity index (χ2n) is 7.28. The number of rotatable bonds is 6. The SMILES string of the molecule is CCN(CC)c1ccc(/C=C2\C(=O)NC(=S)N(c3cccc(C)c3C)C2=O)c(OC)c1. The Morgan fingerprint density at radius 1 is 1.13 bits per heavy atom. The third kappa shape index (κ3) is 4.32. The number of amides is 2. The molecule has 0 saturated carbocycles. The number of hydrogen-bond donors (Lipinski definition) is 1. The third-order valence-corrected chi connectivity index (χ3v) is 5.85. The lowest BCUT2D eigenvalue weighted by Gasteiger charge is -2.30. The molecule has 3 rings (SSSR count). The fourth-order valence-corrected chi connectivity index (χ4v) is 3.89. The number of anilines is 2. The minimum Gasteiger partial charge on any atom is -0.496 e. The van der Waals surface area contributed by atoms with Crippen molar-refractivity contribution >= 4 is 46.6 Å². The summed E-state index contributed by atoms with van der Waals surface area (Å²) in [5, 5.41) is 2.71. The van der Waals surface area contributed by atoms with Crippen molar-refractivity contribution in [1.82, 2.24) is 5.32 Å². The molecule has 1 fully saturated rings. The largest absolute Gasteiger partial charge is 0.496 e. The van der Waals surface area contributed by atoms with Gasteiger partial charge in [0.25, 0.3) is 11.8 Å². The fraction of sp³-hybridized carbons (Fsp3) is 0.292. The maximum atomic E-state index is 13.3. The molecule has 0 atom stereocenters. The minimum atomic E-state index is -0.522. The van der Waals surface area contributed by atoms with Gasteiger partial charge in [-0.25, -0.2) is 0 Å². The number of carbonyl (C=O) groups is 2. The maximum Gasteiger partial charge on any atom is 0.270 e. The first-order valence-corrected chi connectivity index (χ1v) is 10.6. The molecule has 0 radical (unpaired) electrons. The Balaban J connectivity index is 2.05. The molecular formula is C24H27N3O3S. The highest BCUT2D eigenvalue weighted by molar-refractivity contribution is 7.80. The van der Waals surface area contributed by atoms with Crippen LogP contribution in [0.25, 0.3) is 6.08 Å². The molecule has 2 aromatic carbocycles. The quantitative estimate of drug-likeness (QED) is 0.421. The highest BCUT2D eigenvalue weighted by Crippen LogP contribution is 2.30. The van der Waals surface area contributed by atoms with E-state index in [0.29, 0.717) is 17.0 Å². The van der Waals surface area contributed by atoms with Gasteiger partial charge in [0.15, 0.2) is 5.11 Å². The first-order valence-electron chi connectivity index (χ1n) is 10.2. The summed E-state index contributed by atoms with van der Waals surface area (Å²) in [6.45, 7) is 9.79. The highest BCUT2D eigenvalue weighted by atomic mass is 32.1. The Morgan fingerprint density at radius 3 is 2.48 bits per heavy atom. The highest BCUT2D eigenvalue weighted by Gasteiger charge is 2.35. The Hall–Kier alpha value is -3.19. The Bertz CT molecular complexity index is 1070. The van der Waals surface area contributed by atoms with Crippen molar-refractivity contribution in [2.45, 2.75) is 27.7 Å². The van der Waals surface area contributed by atoms with E-state index in [1.165, 1.54) is 4.90 Å². The molecule has 6 nitrogen and oxygen atoms in total. The minimum absolute atomic E-state index is 0.00314. The Kier molecular flexibility index (Phi) is 6.75. The van der Waals surface area contributed by atoms with Crippen LogP contribution in [0.2, 0.25) is 0 Å². The first kappa shape index (κ1) is 22.5. The Labute approximate surface area is 188 Å². The summed E-state index contributed by atoms with van der Waals surface area (Å²) < 4.78 is 5.55. The van der Waals surface area contributed by atoms with Gasteiger partial charge in [-0.2, -0.15) is 0 Å². The number of benzene rings is 2. The molecule has 1 heterocycles. The molecule has 2 amide bonds. The van der Waals surface area contributed by atoms with E-state index >= 15 is 0 Å². The predicted octanol–water partition coefficient (Wildman–Crippen LogP) is 3.99. The second-order valence-corrected chi connectivity index (χ2v) is 7.66. The normalized spacial score (nSPS) is 15.3. The lowest BCUT2D eigenvalue weighted by Crippen LogP contribution is -2.54. The van der Waals surface area contributed by atoms with Gasteiger partial charge in [0.05, 0.1) is 12.8 Å². The van der Waals surface area contributed by atoms with Crippen LogP contribution in [0.1, 0.15) is 30.5 Å². The number of nitrogens with one attached hydrogen (secondary N) is 1. The van der Waals surface area contributed by atoms with Crippen molar-refractivity contribution in [3.05, 3.63) is 58.7 Å². The van der Waals surface area contributed by atoms with E-state index in [1.54, 1.807) is 13.2 Å². The fourth-order valence-electron chi connectivity index (χ4n) is 3.61. The van der Waals surface area contributed by atoms with E-state index in [1.807, 2.05) is 50.2 Å². The monoisotopic (exact) mass is 437 g/mol. The topological polar surface area (TPSA) is 61.9 Å². The summed E-state index contributed by atoms with van der Waals surface area (Å²) in [4.78, 5) is 29.6. The number of thiocarbonyl (C=S) groups is 1. The van der Waals surface area contributed by atoms with Crippen molar-refractivity contribution in [2.24, 2.45) is 0 Å². The van der Waals surface area contributed by atoms with Crippen molar-refractivity contribution < 1.29 is 14.3 Å². The van der Waals surface area contributed by atoms with Crippen LogP contribution < -0.4 is 19.9 Å². The number of aryl methyl sites for hydroxylation is 1. The van der Waals surface area contributed by atoms with Gasteiger partial charge in [-0.15, -0.1) is 0 Å². The molecule has 0 aromatic heterocycles. The van der Waals surface area contributed by atoms with Crippen LogP contribution in [0.3, 0.4) is 0 Å². The van der Waals surface area contributed by atoms with Gasteiger partial charge in [0.2, 0.25) is 0 Å². The maximum absolute atomic E-state index is 13.3. The van der Waals surface area contributed by atoms with Crippen molar-refractivity contribution in [3.8, 4) is 5.75 Å². The van der Waals surface area contributed by atoms with Gasteiger partial charge in [0, 0.05) is 30.4 Å². The van der Waals surface area contributed by atoms with Gasteiger partial charge in [-0.3, -0.25) is 19.8 Å². The molecular weight excluding hydrogens is 410 g/mol. The lowest BCUT2D eigenvalue weighted by atomic mass is 10.0. The summed E-state index contributed by atoms with van der Waals surface area (Å²) in [5.74, 6) is -0.396. The number of ether oxygens (including phenoxy) is 1. The zero-order chi connectivity index (χ0) is 22.7. The van der Waals surface area contributed by atoms with E-state index in [4.69, 9.17) is 17.0 Å². The molecule has 0 unspecified atom stereocenters. The van der Waals surface area contributed by atoms with Gasteiger partial charge in [0.1, 0.15) is 11.3 Å². The van der Waals surface area contributed by atoms with Crippen molar-refractivity contribution in [2.75, 3.05) is 30.0 Å². The number of carbonyl (C=O) groups excluding carboxylic acids is 2. The summed E-state index contributed by atoms with van der Waals surface area (Å²) in [5.41, 5.74) is 4.28. The van der Waals surface area contributed by atoms with Gasteiger partial charge >= 0.3 is 0 Å². The van der Waals surface area contributed by atoms with Gasteiger partial charge < -0.3 is 9.64 Å². The Morgan fingerprint density at radius 2 is 1.84 bits per heavy atom. The molecule has 0 bridgehead atoms. The van der Waals surface area contributed by atoms with Crippen LogP contribution >= 0.6 is 12.2 Å². The summed E-state index contributed by atoms with van der Waals surface area (Å²) >= 11 is 5.32. The predicted molar refractivity (Wildman–Crippen MR) is 129 cm³/mol. The van der Waals surface area contributed by atoms with Crippen LogP contribution in [0.4, 0.5) is 11.4 Å². The van der Waals surface area contributed by atoms with Crippen molar-refractivity contribution in [3.63, 3.8) is 0 Å². The van der Waals surface area contributed by atoms with Crippen molar-refractivity contribution in [1.29, 1.82) is 0 Å². The number of methoxy groups -OCH3 is 1. The number of nitrogens with zero attached hydrogens (tertiary/aromatic N) is 2. The molecule has 1 saturated heterocycles. The zero-order valence-corrected chi connectivity index (χ0v) is 19.3. The molecule has 7 heteroatoms. The molecule has 31 heavy (non-hydrogen) atoms. The van der Waals surface area contributed by atoms with E-state index in [9.17, 15) is 9.59 Å². The van der Waals surface area contributed by atoms with Crippen LogP contribution in [-0.2, 0) is 9.59 Å². The zero-order valence-electron chi connectivity index (χ0n) is 18.5. The standard InChI is InChI=1S/C24H27N3O3S/c1-6-26(7-2)18-12-11-17(21(14-18)30-5)13-19-22(28)25-24(31)27(23(19)29)20-10-8-9-15(3)16(20)4/h8-14H,6-7H2,1-5H3,(H,25,28,31)/b19-13+. The van der Waals surface area contributed by atoms with E-state index < -0.39 is 11.8 Å². The average Bonchev–Trinajstić information content (AvgIpc) is 2.75. The molecule has 0 spiro atoms. The molecule has 1 N–H and O–H groups in total. The smallest absolute Gasteiger partial charge is 0.270 e. The lowest BCUT2D eigenvalue weighted by molar-refractivity contribution is -0.122. The molecule has 2 aromatic rings. The third-order valence-electron chi connectivity index (χ3n) is 5.56. The first-order chi connectivity index (χ1) is 14.8. The summed E-state index contributed by atoms with van der Waals surface area (Å²) in [6, 6.07) is 11.4. The molecule has 1 aliphatic heterocycles. The van der Waals surface area contributed by atoms with Crippen LogP contribution in [-0.4, -0.2) is 37.1 Å².